The Labute approximate surface area is 83.3 Å². The highest BCUT2D eigenvalue weighted by Crippen LogP contribution is 2.02. The summed E-state index contributed by atoms with van der Waals surface area (Å²) in [6.45, 7) is 4.73. The molecule has 0 N–H and O–H groups in total. The van der Waals surface area contributed by atoms with E-state index in [-0.39, 0.29) is 5.75 Å². The van der Waals surface area contributed by atoms with E-state index in [9.17, 15) is 8.42 Å². The number of rotatable bonds is 6. The lowest BCUT2D eigenvalue weighted by atomic mass is 10.5. The highest BCUT2D eigenvalue weighted by Gasteiger charge is 2.16. The first kappa shape index (κ1) is 12.4. The topological polar surface area (TPSA) is 37.4 Å². The van der Waals surface area contributed by atoms with Gasteiger partial charge in [-0.3, -0.25) is 0 Å². The van der Waals surface area contributed by atoms with Crippen molar-refractivity contribution in [3.63, 3.8) is 0 Å². The molecule has 0 aliphatic rings. The SMILES string of the molecule is CCN(CCCBr)S(=O)(=O)CC. The molecular weight excluding hydrogens is 242 g/mol. The lowest BCUT2D eigenvalue weighted by Crippen LogP contribution is -2.33. The zero-order chi connectivity index (χ0) is 9.61. The Kier molecular flexibility index (Phi) is 6.13. The maximum absolute atomic E-state index is 11.3. The van der Waals surface area contributed by atoms with E-state index in [4.69, 9.17) is 0 Å². The van der Waals surface area contributed by atoms with Crippen LogP contribution in [0.4, 0.5) is 0 Å². The van der Waals surface area contributed by atoms with Crippen LogP contribution in [-0.4, -0.2) is 36.9 Å². The molecule has 74 valence electrons. The molecule has 0 aliphatic heterocycles. The first-order valence-electron chi connectivity index (χ1n) is 4.12. The molecule has 0 atom stereocenters. The molecule has 12 heavy (non-hydrogen) atoms. The molecule has 0 aliphatic carbocycles. The summed E-state index contributed by atoms with van der Waals surface area (Å²) in [5.74, 6) is 0.198. The Morgan fingerprint density at radius 3 is 2.25 bits per heavy atom. The molecular formula is C7H16BrNO2S. The van der Waals surface area contributed by atoms with Crippen LogP contribution < -0.4 is 0 Å². The third-order valence-electron chi connectivity index (χ3n) is 1.65. The highest BCUT2D eigenvalue weighted by molar-refractivity contribution is 9.09. The van der Waals surface area contributed by atoms with Gasteiger partial charge < -0.3 is 0 Å². The molecule has 0 heterocycles. The van der Waals surface area contributed by atoms with Crippen LogP contribution in [0.1, 0.15) is 20.3 Å². The molecule has 0 radical (unpaired) electrons. The maximum Gasteiger partial charge on any atom is 0.213 e. The summed E-state index contributed by atoms with van der Waals surface area (Å²) in [6.07, 6.45) is 0.868. The number of nitrogens with zero attached hydrogens (tertiary/aromatic N) is 1. The fourth-order valence-corrected chi connectivity index (χ4v) is 2.33. The van der Waals surface area contributed by atoms with Crippen molar-refractivity contribution in [1.82, 2.24) is 4.31 Å². The Bertz CT molecular complexity index is 203. The van der Waals surface area contributed by atoms with Gasteiger partial charge in [0.05, 0.1) is 5.75 Å². The average Bonchev–Trinajstić information content (AvgIpc) is 2.05. The second-order valence-electron chi connectivity index (χ2n) is 2.43. The second kappa shape index (κ2) is 5.94. The normalized spacial score (nSPS) is 12.3. The summed E-state index contributed by atoms with van der Waals surface area (Å²) in [6, 6.07) is 0. The van der Waals surface area contributed by atoms with E-state index in [1.165, 1.54) is 4.31 Å². The maximum atomic E-state index is 11.3. The van der Waals surface area contributed by atoms with Crippen LogP contribution in [0.15, 0.2) is 0 Å². The van der Waals surface area contributed by atoms with E-state index < -0.39 is 10.0 Å². The van der Waals surface area contributed by atoms with Gasteiger partial charge in [0.25, 0.3) is 0 Å². The molecule has 0 saturated heterocycles. The summed E-state index contributed by atoms with van der Waals surface area (Å²) < 4.78 is 24.2. The van der Waals surface area contributed by atoms with E-state index in [1.54, 1.807) is 6.92 Å². The van der Waals surface area contributed by atoms with Crippen molar-refractivity contribution in [2.45, 2.75) is 20.3 Å². The van der Waals surface area contributed by atoms with Crippen LogP contribution in [0.3, 0.4) is 0 Å². The number of sulfonamides is 1. The Morgan fingerprint density at radius 2 is 1.92 bits per heavy atom. The van der Waals surface area contributed by atoms with Crippen molar-refractivity contribution in [2.24, 2.45) is 0 Å². The number of hydrogen-bond acceptors (Lipinski definition) is 2. The quantitative estimate of drug-likeness (QED) is 0.676. The molecule has 0 fully saturated rings. The molecule has 3 nitrogen and oxygen atoms in total. The first-order chi connectivity index (χ1) is 5.58. The van der Waals surface area contributed by atoms with Gasteiger partial charge in [0.2, 0.25) is 10.0 Å². The summed E-state index contributed by atoms with van der Waals surface area (Å²) in [7, 11) is -2.97. The molecule has 0 aromatic carbocycles. The molecule has 0 aromatic heterocycles. The minimum atomic E-state index is -2.97. The van der Waals surface area contributed by atoms with E-state index >= 15 is 0 Å². The molecule has 0 unspecified atom stereocenters. The van der Waals surface area contributed by atoms with Crippen LogP contribution in [0.5, 0.6) is 0 Å². The van der Waals surface area contributed by atoms with Gasteiger partial charge in [-0.25, -0.2) is 12.7 Å². The Balaban J connectivity index is 4.15. The molecule has 0 bridgehead atoms. The van der Waals surface area contributed by atoms with E-state index in [0.29, 0.717) is 13.1 Å². The van der Waals surface area contributed by atoms with E-state index in [0.717, 1.165) is 11.8 Å². The van der Waals surface area contributed by atoms with Crippen LogP contribution in [0.2, 0.25) is 0 Å². The molecule has 0 rings (SSSR count). The van der Waals surface area contributed by atoms with Gasteiger partial charge in [-0.15, -0.1) is 0 Å². The fraction of sp³-hybridized carbons (Fsp3) is 1.00. The third kappa shape index (κ3) is 3.87. The van der Waals surface area contributed by atoms with Crippen molar-refractivity contribution < 1.29 is 8.42 Å². The monoisotopic (exact) mass is 257 g/mol. The minimum Gasteiger partial charge on any atom is -0.212 e. The summed E-state index contributed by atoms with van der Waals surface area (Å²) in [4.78, 5) is 0. The summed E-state index contributed by atoms with van der Waals surface area (Å²) in [5.41, 5.74) is 0. The van der Waals surface area contributed by atoms with Crippen LogP contribution in [0, 0.1) is 0 Å². The van der Waals surface area contributed by atoms with E-state index in [2.05, 4.69) is 15.9 Å². The van der Waals surface area contributed by atoms with Crippen molar-refractivity contribution >= 4 is 26.0 Å². The summed E-state index contributed by atoms with van der Waals surface area (Å²) in [5, 5.41) is 0.850. The first-order valence-corrected chi connectivity index (χ1v) is 6.85. The fourth-order valence-electron chi connectivity index (χ4n) is 0.913. The smallest absolute Gasteiger partial charge is 0.212 e. The Hall–Kier alpha value is 0.390. The van der Waals surface area contributed by atoms with Gasteiger partial charge >= 0.3 is 0 Å². The van der Waals surface area contributed by atoms with Crippen molar-refractivity contribution in [3.8, 4) is 0 Å². The molecule has 0 spiro atoms. The van der Waals surface area contributed by atoms with Crippen LogP contribution in [0.25, 0.3) is 0 Å². The number of halogens is 1. The Morgan fingerprint density at radius 1 is 1.33 bits per heavy atom. The van der Waals surface area contributed by atoms with Crippen LogP contribution >= 0.6 is 15.9 Å². The lowest BCUT2D eigenvalue weighted by molar-refractivity contribution is 0.429. The van der Waals surface area contributed by atoms with Gasteiger partial charge in [0.15, 0.2) is 0 Å². The number of hydrogen-bond donors (Lipinski definition) is 0. The largest absolute Gasteiger partial charge is 0.213 e. The molecule has 0 saturated carbocycles. The van der Waals surface area contributed by atoms with Crippen LogP contribution in [-0.2, 0) is 10.0 Å². The average molecular weight is 258 g/mol. The number of alkyl halides is 1. The predicted octanol–water partition coefficient (Wildman–Crippen LogP) is 1.44. The van der Waals surface area contributed by atoms with Crippen molar-refractivity contribution in [3.05, 3.63) is 0 Å². The second-order valence-corrected chi connectivity index (χ2v) is 5.49. The molecule has 0 aromatic rings. The molecule has 5 heteroatoms. The predicted molar refractivity (Wildman–Crippen MR) is 55.1 cm³/mol. The minimum absolute atomic E-state index is 0.198. The van der Waals surface area contributed by atoms with Gasteiger partial charge in [-0.05, 0) is 13.3 Å². The van der Waals surface area contributed by atoms with Gasteiger partial charge in [0.1, 0.15) is 0 Å². The third-order valence-corrected chi connectivity index (χ3v) is 4.17. The van der Waals surface area contributed by atoms with Crippen molar-refractivity contribution in [2.75, 3.05) is 24.2 Å². The zero-order valence-corrected chi connectivity index (χ0v) is 9.99. The molecule has 0 amide bonds. The van der Waals surface area contributed by atoms with Gasteiger partial charge in [0, 0.05) is 18.4 Å². The van der Waals surface area contributed by atoms with E-state index in [1.807, 2.05) is 6.92 Å². The standard InChI is InChI=1S/C7H16BrNO2S/c1-3-9(7-5-6-8)12(10,11)4-2/h3-7H2,1-2H3. The van der Waals surface area contributed by atoms with Gasteiger partial charge in [-0.1, -0.05) is 22.9 Å². The zero-order valence-electron chi connectivity index (χ0n) is 7.59. The summed E-state index contributed by atoms with van der Waals surface area (Å²) >= 11 is 3.27. The lowest BCUT2D eigenvalue weighted by Gasteiger charge is -2.18. The van der Waals surface area contributed by atoms with Gasteiger partial charge in [-0.2, -0.15) is 0 Å². The van der Waals surface area contributed by atoms with Crippen molar-refractivity contribution in [1.29, 1.82) is 0 Å². The highest BCUT2D eigenvalue weighted by atomic mass is 79.9.